The molecule has 2 fully saturated rings. The van der Waals surface area contributed by atoms with Gasteiger partial charge in [0.1, 0.15) is 24.4 Å². The summed E-state index contributed by atoms with van der Waals surface area (Å²) in [6.07, 6.45) is -1.99. The third-order valence-corrected chi connectivity index (χ3v) is 2.57. The van der Waals surface area contributed by atoms with Gasteiger partial charge < -0.3 is 24.1 Å². The van der Waals surface area contributed by atoms with Gasteiger partial charge in [0, 0.05) is 14.2 Å². The van der Waals surface area contributed by atoms with Gasteiger partial charge in [0.15, 0.2) is 6.29 Å². The van der Waals surface area contributed by atoms with Crippen LogP contribution in [0, 0.1) is 0 Å². The molecule has 0 amide bonds. The first-order valence-electron chi connectivity index (χ1n) is 4.28. The molecule has 0 aromatic heterocycles. The second-order valence-corrected chi connectivity index (χ2v) is 3.27. The van der Waals surface area contributed by atoms with Gasteiger partial charge in [0.25, 0.3) is 0 Å². The van der Waals surface area contributed by atoms with Gasteiger partial charge in [-0.25, -0.2) is 0 Å². The third-order valence-electron chi connectivity index (χ3n) is 2.57. The Morgan fingerprint density at radius 1 is 1.31 bits per heavy atom. The Labute approximate surface area is 76.5 Å². The van der Waals surface area contributed by atoms with Crippen molar-refractivity contribution in [2.45, 2.75) is 30.7 Å². The van der Waals surface area contributed by atoms with Crippen molar-refractivity contribution in [3.05, 3.63) is 0 Å². The van der Waals surface area contributed by atoms with Gasteiger partial charge >= 0.3 is 0 Å². The van der Waals surface area contributed by atoms with Crippen LogP contribution in [0.25, 0.3) is 0 Å². The molecule has 1 N–H and O–H groups in total. The van der Waals surface area contributed by atoms with Gasteiger partial charge in [-0.3, -0.25) is 0 Å². The predicted octanol–water partition coefficient (Wildman–Crippen LogP) is -0.868. The molecule has 5 nitrogen and oxygen atoms in total. The summed E-state index contributed by atoms with van der Waals surface area (Å²) in [6.45, 7) is 0.458. The number of hydrogen-bond acceptors (Lipinski definition) is 5. The van der Waals surface area contributed by atoms with Crippen LogP contribution < -0.4 is 0 Å². The number of hydrogen-bond donors (Lipinski definition) is 1. The lowest BCUT2D eigenvalue weighted by Crippen LogP contribution is -2.54. The van der Waals surface area contributed by atoms with Crippen LogP contribution in [-0.4, -0.2) is 56.6 Å². The van der Waals surface area contributed by atoms with Crippen LogP contribution in [0.5, 0.6) is 0 Å². The van der Waals surface area contributed by atoms with Crippen molar-refractivity contribution >= 4 is 0 Å². The Morgan fingerprint density at radius 2 is 2.08 bits per heavy atom. The van der Waals surface area contributed by atoms with Crippen molar-refractivity contribution in [3.8, 4) is 0 Å². The second kappa shape index (κ2) is 3.51. The van der Waals surface area contributed by atoms with Crippen molar-refractivity contribution in [2.75, 3.05) is 20.8 Å². The minimum absolute atomic E-state index is 0.122. The maximum absolute atomic E-state index is 9.70. The summed E-state index contributed by atoms with van der Waals surface area (Å²) < 4.78 is 20.9. The molecular formula is C8H14O5. The molecule has 76 valence electrons. The fourth-order valence-corrected chi connectivity index (χ4v) is 1.91. The largest absolute Gasteiger partial charge is 0.385 e. The van der Waals surface area contributed by atoms with E-state index in [1.54, 1.807) is 7.11 Å². The molecule has 2 aliphatic heterocycles. The summed E-state index contributed by atoms with van der Waals surface area (Å²) >= 11 is 0. The van der Waals surface area contributed by atoms with Crippen LogP contribution in [0.4, 0.5) is 0 Å². The van der Waals surface area contributed by atoms with Crippen molar-refractivity contribution in [1.82, 2.24) is 0 Å². The second-order valence-electron chi connectivity index (χ2n) is 3.27. The molecule has 0 aliphatic carbocycles. The van der Waals surface area contributed by atoms with E-state index in [9.17, 15) is 5.11 Å². The van der Waals surface area contributed by atoms with Crippen LogP contribution in [0.1, 0.15) is 0 Å². The van der Waals surface area contributed by atoms with E-state index in [4.69, 9.17) is 18.9 Å². The zero-order chi connectivity index (χ0) is 9.42. The van der Waals surface area contributed by atoms with E-state index in [1.807, 2.05) is 0 Å². The molecule has 0 aromatic carbocycles. The molecule has 0 aromatic rings. The summed E-state index contributed by atoms with van der Waals surface area (Å²) in [5, 5.41) is 9.70. The number of aliphatic hydroxyl groups excluding tert-OH is 1. The number of methoxy groups -OCH3 is 2. The first-order chi connectivity index (χ1) is 6.27. The monoisotopic (exact) mass is 190 g/mol. The van der Waals surface area contributed by atoms with E-state index in [2.05, 4.69) is 0 Å². The zero-order valence-electron chi connectivity index (χ0n) is 7.67. The lowest BCUT2D eigenvalue weighted by Gasteiger charge is -2.35. The summed E-state index contributed by atoms with van der Waals surface area (Å²) in [5.41, 5.74) is 0. The predicted molar refractivity (Wildman–Crippen MR) is 42.2 cm³/mol. The lowest BCUT2D eigenvalue weighted by atomic mass is 10.0. The van der Waals surface area contributed by atoms with E-state index < -0.39 is 12.4 Å². The maximum atomic E-state index is 9.70. The van der Waals surface area contributed by atoms with Crippen LogP contribution in [-0.2, 0) is 18.9 Å². The number of ether oxygens (including phenoxy) is 4. The Hall–Kier alpha value is -0.200. The van der Waals surface area contributed by atoms with Crippen LogP contribution in [0.15, 0.2) is 0 Å². The minimum Gasteiger partial charge on any atom is -0.385 e. The van der Waals surface area contributed by atoms with Gasteiger partial charge in [-0.15, -0.1) is 0 Å². The summed E-state index contributed by atoms with van der Waals surface area (Å²) in [7, 11) is 3.09. The van der Waals surface area contributed by atoms with Crippen LogP contribution in [0.3, 0.4) is 0 Å². The Bertz CT molecular complexity index is 185. The third kappa shape index (κ3) is 1.37. The topological polar surface area (TPSA) is 57.2 Å². The lowest BCUT2D eigenvalue weighted by molar-refractivity contribution is -0.256. The van der Waals surface area contributed by atoms with E-state index in [-0.39, 0.29) is 18.3 Å². The van der Waals surface area contributed by atoms with Crippen molar-refractivity contribution in [2.24, 2.45) is 0 Å². The van der Waals surface area contributed by atoms with E-state index >= 15 is 0 Å². The molecule has 13 heavy (non-hydrogen) atoms. The number of aliphatic hydroxyl groups is 1. The molecule has 5 heteroatoms. The van der Waals surface area contributed by atoms with E-state index in [0.717, 1.165) is 0 Å². The molecular weight excluding hydrogens is 176 g/mol. The molecule has 2 heterocycles. The SMILES string of the molecule is CO[C@H]1OC2COC(C1O)[C@H]2OC. The molecule has 0 saturated carbocycles. The maximum Gasteiger partial charge on any atom is 0.186 e. The fraction of sp³-hybridized carbons (Fsp3) is 1.00. The highest BCUT2D eigenvalue weighted by atomic mass is 16.7. The Balaban J connectivity index is 2.11. The first kappa shape index (κ1) is 9.36. The fourth-order valence-electron chi connectivity index (χ4n) is 1.91. The van der Waals surface area contributed by atoms with E-state index in [0.29, 0.717) is 6.61 Å². The minimum atomic E-state index is -0.770. The Morgan fingerprint density at radius 3 is 2.69 bits per heavy atom. The highest BCUT2D eigenvalue weighted by Crippen LogP contribution is 2.31. The van der Waals surface area contributed by atoms with Gasteiger partial charge in [-0.2, -0.15) is 0 Å². The zero-order valence-corrected chi connectivity index (χ0v) is 7.67. The molecule has 0 radical (unpaired) electrons. The average molecular weight is 190 g/mol. The normalized spacial score (nSPS) is 49.6. The molecule has 2 saturated heterocycles. The standard InChI is InChI=1S/C8H14O5/c1-10-6-4-3-12-7(6)5(9)8(11-2)13-4/h4-9H,3H2,1-2H3/t4?,5?,6-,7?,8-/m0/s1. The van der Waals surface area contributed by atoms with Gasteiger partial charge in [0.05, 0.1) is 6.61 Å². The highest BCUT2D eigenvalue weighted by molar-refractivity contribution is 4.95. The van der Waals surface area contributed by atoms with Crippen LogP contribution in [0.2, 0.25) is 0 Å². The van der Waals surface area contributed by atoms with E-state index in [1.165, 1.54) is 7.11 Å². The number of fused-ring (bicyclic) bond motifs is 2. The quantitative estimate of drug-likeness (QED) is 0.613. The van der Waals surface area contributed by atoms with Crippen molar-refractivity contribution in [1.29, 1.82) is 0 Å². The van der Waals surface area contributed by atoms with Gasteiger partial charge in [-0.1, -0.05) is 0 Å². The van der Waals surface area contributed by atoms with Crippen molar-refractivity contribution in [3.63, 3.8) is 0 Å². The summed E-state index contributed by atoms with van der Waals surface area (Å²) in [5.74, 6) is 0. The molecule has 3 unspecified atom stereocenters. The van der Waals surface area contributed by atoms with Crippen LogP contribution >= 0.6 is 0 Å². The Kier molecular flexibility index (Phi) is 2.53. The molecule has 2 aliphatic rings. The van der Waals surface area contributed by atoms with Gasteiger partial charge in [0.2, 0.25) is 0 Å². The molecule has 2 rings (SSSR count). The highest BCUT2D eigenvalue weighted by Gasteiger charge is 2.51. The summed E-state index contributed by atoms with van der Waals surface area (Å²) in [4.78, 5) is 0. The van der Waals surface area contributed by atoms with Gasteiger partial charge in [-0.05, 0) is 0 Å². The molecule has 5 atom stereocenters. The number of rotatable bonds is 2. The molecule has 0 spiro atoms. The first-order valence-corrected chi connectivity index (χ1v) is 4.28. The average Bonchev–Trinajstić information content (AvgIpc) is 2.48. The summed E-state index contributed by atoms with van der Waals surface area (Å²) in [6, 6.07) is 0. The van der Waals surface area contributed by atoms with Crippen molar-refractivity contribution < 1.29 is 24.1 Å². The molecule has 2 bridgehead atoms. The smallest absolute Gasteiger partial charge is 0.186 e.